The van der Waals surface area contributed by atoms with Crippen molar-refractivity contribution in [1.82, 2.24) is 0 Å². The van der Waals surface area contributed by atoms with Crippen LogP contribution < -0.4 is 4.74 Å². The molecule has 3 aliphatic rings. The van der Waals surface area contributed by atoms with E-state index in [2.05, 4.69) is 32.0 Å². The van der Waals surface area contributed by atoms with Crippen LogP contribution in [0, 0.1) is 10.4 Å². The second-order valence-electron chi connectivity index (χ2n) is 5.62. The third-order valence-corrected chi connectivity index (χ3v) is 3.81. The molecule has 118 valence electrons. The Balaban J connectivity index is 0.000000155. The van der Waals surface area contributed by atoms with Crippen molar-refractivity contribution in [2.24, 2.45) is 0 Å². The van der Waals surface area contributed by atoms with Crippen LogP contribution in [0.5, 0.6) is 5.75 Å². The van der Waals surface area contributed by atoms with Crippen LogP contribution in [-0.4, -0.2) is 32.5 Å². The van der Waals surface area contributed by atoms with E-state index in [-0.39, 0.29) is 0 Å². The lowest BCUT2D eigenvalue weighted by molar-refractivity contribution is -0.0911. The molecule has 0 bridgehead atoms. The van der Waals surface area contributed by atoms with E-state index in [1.54, 1.807) is 0 Å². The fourth-order valence-corrected chi connectivity index (χ4v) is 2.34. The van der Waals surface area contributed by atoms with Gasteiger partial charge in [0, 0.05) is 5.22 Å². The molecule has 1 unspecified atom stereocenters. The minimum Gasteiger partial charge on any atom is -0.493 e. The lowest BCUT2D eigenvalue weighted by atomic mass is 10.1. The first-order valence-electron chi connectivity index (χ1n) is 8.31. The summed E-state index contributed by atoms with van der Waals surface area (Å²) in [6.07, 6.45) is 6.41. The van der Waals surface area contributed by atoms with Crippen LogP contribution in [0.15, 0.2) is 18.2 Å². The van der Waals surface area contributed by atoms with Crippen LogP contribution >= 0.6 is 0 Å². The van der Waals surface area contributed by atoms with E-state index in [0.29, 0.717) is 6.10 Å². The van der Waals surface area contributed by atoms with Crippen molar-refractivity contribution in [3.63, 3.8) is 0 Å². The van der Waals surface area contributed by atoms with Crippen LogP contribution in [0.1, 0.15) is 46.0 Å². The Kier molecular flexibility index (Phi) is 7.04. The molecule has 0 N–H and O–H groups in total. The largest absolute Gasteiger partial charge is 0.493 e. The number of unbranched alkanes of at least 4 members (excludes halogenated alkanes) is 2. The molecule has 0 saturated carbocycles. The van der Waals surface area contributed by atoms with Crippen molar-refractivity contribution in [3.8, 4) is 5.75 Å². The van der Waals surface area contributed by atoms with E-state index in [9.17, 15) is 0 Å². The number of hydrogen-bond donors (Lipinski definition) is 0. The van der Waals surface area contributed by atoms with E-state index in [4.69, 9.17) is 14.2 Å². The summed E-state index contributed by atoms with van der Waals surface area (Å²) in [5.41, 5.74) is 0. The summed E-state index contributed by atoms with van der Waals surface area (Å²) >= 11 is 0. The Morgan fingerprint density at radius 3 is 2.52 bits per heavy atom. The van der Waals surface area contributed by atoms with E-state index < -0.39 is 0 Å². The molecule has 0 aromatic carbocycles. The van der Waals surface area contributed by atoms with Crippen molar-refractivity contribution in [3.05, 3.63) is 28.6 Å². The van der Waals surface area contributed by atoms with Crippen molar-refractivity contribution in [2.75, 3.05) is 26.4 Å². The molecular formula is C18H28O3. The van der Waals surface area contributed by atoms with Gasteiger partial charge in [-0.15, -0.1) is 0 Å². The highest BCUT2D eigenvalue weighted by atomic mass is 16.6. The maximum atomic E-state index is 5.50. The molecule has 1 heterocycles. The number of ether oxygens (including phenoxy) is 3. The Hall–Kier alpha value is -1.06. The van der Waals surface area contributed by atoms with E-state index in [1.807, 2.05) is 0 Å². The lowest BCUT2D eigenvalue weighted by Gasteiger charge is -2.22. The van der Waals surface area contributed by atoms with Gasteiger partial charge in [-0.1, -0.05) is 45.2 Å². The zero-order valence-corrected chi connectivity index (χ0v) is 13.4. The molecular weight excluding hydrogens is 264 g/mol. The second-order valence-corrected chi connectivity index (χ2v) is 5.62. The number of rotatable bonds is 7. The van der Waals surface area contributed by atoms with Gasteiger partial charge in [-0.3, -0.25) is 0 Å². The standard InChI is InChI=1S/C10H12O.C8H16O2/c1-2-3-6-11-10-7-8-4-5-9(8)10;1-2-3-4-8-7-9-5-6-10-8/h4-5,7H,2-3,6H2,1H3;8H,2-7H2,1H3. The lowest BCUT2D eigenvalue weighted by Crippen LogP contribution is -2.28. The Labute approximate surface area is 127 Å². The maximum absolute atomic E-state index is 5.50. The normalized spacial score (nSPS) is 18.7. The van der Waals surface area contributed by atoms with Gasteiger partial charge in [0.15, 0.2) is 0 Å². The molecule has 1 fully saturated rings. The molecule has 1 aliphatic heterocycles. The van der Waals surface area contributed by atoms with Gasteiger partial charge in [-0.25, -0.2) is 0 Å². The third kappa shape index (κ3) is 5.01. The molecule has 2 aliphatic carbocycles. The van der Waals surface area contributed by atoms with Gasteiger partial charge < -0.3 is 14.2 Å². The second kappa shape index (κ2) is 9.06. The first kappa shape index (κ1) is 16.3. The highest BCUT2D eigenvalue weighted by Gasteiger charge is 2.12. The molecule has 3 rings (SSSR count). The summed E-state index contributed by atoms with van der Waals surface area (Å²) < 4.78 is 16.2. The molecule has 0 aromatic heterocycles. The molecule has 3 nitrogen and oxygen atoms in total. The quantitative estimate of drug-likeness (QED) is 0.720. The van der Waals surface area contributed by atoms with Crippen molar-refractivity contribution >= 4 is 0 Å². The van der Waals surface area contributed by atoms with E-state index in [0.717, 1.165) is 45.0 Å². The highest BCUT2D eigenvalue weighted by Crippen LogP contribution is 2.23. The van der Waals surface area contributed by atoms with Gasteiger partial charge in [-0.05, 0) is 24.1 Å². The zero-order valence-electron chi connectivity index (χ0n) is 13.4. The fourth-order valence-electron chi connectivity index (χ4n) is 2.34. The summed E-state index contributed by atoms with van der Waals surface area (Å²) in [7, 11) is 0. The zero-order chi connectivity index (χ0) is 14.9. The van der Waals surface area contributed by atoms with Gasteiger partial charge >= 0.3 is 0 Å². The topological polar surface area (TPSA) is 27.7 Å². The average molecular weight is 292 g/mol. The van der Waals surface area contributed by atoms with Crippen LogP contribution in [0.2, 0.25) is 0 Å². The van der Waals surface area contributed by atoms with Gasteiger partial charge in [0.25, 0.3) is 0 Å². The highest BCUT2D eigenvalue weighted by molar-refractivity contribution is 5.38. The maximum Gasteiger partial charge on any atom is 0.127 e. The Morgan fingerprint density at radius 2 is 2.00 bits per heavy atom. The first-order valence-corrected chi connectivity index (χ1v) is 8.31. The van der Waals surface area contributed by atoms with Crippen LogP contribution in [0.3, 0.4) is 0 Å². The third-order valence-electron chi connectivity index (χ3n) is 3.81. The summed E-state index contributed by atoms with van der Waals surface area (Å²) in [5.74, 6) is 1.09. The van der Waals surface area contributed by atoms with Gasteiger partial charge in [-0.2, -0.15) is 0 Å². The van der Waals surface area contributed by atoms with E-state index in [1.165, 1.54) is 29.7 Å². The van der Waals surface area contributed by atoms with Gasteiger partial charge in [0.05, 0.1) is 32.5 Å². The predicted molar refractivity (Wildman–Crippen MR) is 84.6 cm³/mol. The number of hydrogen-bond acceptors (Lipinski definition) is 3. The first-order chi connectivity index (χ1) is 10.3. The van der Waals surface area contributed by atoms with Crippen molar-refractivity contribution in [2.45, 2.75) is 52.1 Å². The Bertz CT molecular complexity index is 492. The molecule has 21 heavy (non-hydrogen) atoms. The minimum atomic E-state index is 0.383. The summed E-state index contributed by atoms with van der Waals surface area (Å²) in [6.45, 7) is 7.61. The summed E-state index contributed by atoms with van der Waals surface area (Å²) in [4.78, 5) is 0. The molecule has 0 radical (unpaired) electrons. The predicted octanol–water partition coefficient (Wildman–Crippen LogP) is 4.06. The molecule has 0 aromatic rings. The average Bonchev–Trinajstić information content (AvgIpc) is 2.51. The van der Waals surface area contributed by atoms with Gasteiger partial charge in [0.1, 0.15) is 5.75 Å². The minimum absolute atomic E-state index is 0.383. The summed E-state index contributed by atoms with van der Waals surface area (Å²) in [5, 5.41) is 2.68. The molecule has 3 heteroatoms. The fraction of sp³-hybridized carbons (Fsp3) is 0.667. The van der Waals surface area contributed by atoms with Crippen molar-refractivity contribution in [1.29, 1.82) is 0 Å². The molecule has 1 saturated heterocycles. The monoisotopic (exact) mass is 292 g/mol. The number of benzene rings is 1. The molecule has 1 atom stereocenters. The van der Waals surface area contributed by atoms with Crippen LogP contribution in [0.4, 0.5) is 0 Å². The Morgan fingerprint density at radius 1 is 1.14 bits per heavy atom. The molecule has 0 amide bonds. The van der Waals surface area contributed by atoms with Gasteiger partial charge in [0.2, 0.25) is 0 Å². The van der Waals surface area contributed by atoms with Crippen LogP contribution in [0.25, 0.3) is 0 Å². The summed E-state index contributed by atoms with van der Waals surface area (Å²) in [6, 6.07) is 6.32. The van der Waals surface area contributed by atoms with Crippen LogP contribution in [-0.2, 0) is 9.47 Å². The van der Waals surface area contributed by atoms with Crippen molar-refractivity contribution < 1.29 is 14.2 Å². The SMILES string of the molecule is CCCCC1COCCO1.CCCCOc1cc2ccc1=2. The molecule has 0 spiro atoms. The smallest absolute Gasteiger partial charge is 0.127 e. The van der Waals surface area contributed by atoms with E-state index >= 15 is 0 Å².